The van der Waals surface area contributed by atoms with Crippen LogP contribution in [0.1, 0.15) is 43.3 Å². The van der Waals surface area contributed by atoms with Gasteiger partial charge in [-0.25, -0.2) is 0 Å². The largest absolute Gasteiger partial charge is 0.381 e. The van der Waals surface area contributed by atoms with Gasteiger partial charge in [0.2, 0.25) is 5.91 Å². The Morgan fingerprint density at radius 2 is 2.18 bits per heavy atom. The Hall–Kier alpha value is -1.40. The summed E-state index contributed by atoms with van der Waals surface area (Å²) >= 11 is 0. The lowest BCUT2D eigenvalue weighted by Gasteiger charge is -2.20. The molecule has 2 aliphatic heterocycles. The van der Waals surface area contributed by atoms with Crippen molar-refractivity contribution >= 4 is 5.91 Å². The summed E-state index contributed by atoms with van der Waals surface area (Å²) in [5, 5.41) is 4.78. The first kappa shape index (κ1) is 15.5. The summed E-state index contributed by atoms with van der Waals surface area (Å²) in [6, 6.07) is 0.314. The Labute approximate surface area is 132 Å². The molecule has 0 aromatic carbocycles. The van der Waals surface area contributed by atoms with E-state index in [0.29, 0.717) is 32.3 Å². The molecule has 2 aliphatic rings. The molecular formula is C16H26N4O2. The van der Waals surface area contributed by atoms with Gasteiger partial charge in [-0.15, -0.1) is 0 Å². The van der Waals surface area contributed by atoms with Crippen LogP contribution in [0.5, 0.6) is 0 Å². The van der Waals surface area contributed by atoms with Crippen molar-refractivity contribution in [2.24, 2.45) is 5.92 Å². The summed E-state index contributed by atoms with van der Waals surface area (Å²) in [5.41, 5.74) is 3.56. The molecule has 6 nitrogen and oxygen atoms in total. The van der Waals surface area contributed by atoms with E-state index in [1.54, 1.807) is 0 Å². The molecule has 6 heteroatoms. The van der Waals surface area contributed by atoms with Gasteiger partial charge >= 0.3 is 0 Å². The second kappa shape index (κ2) is 6.01. The van der Waals surface area contributed by atoms with Gasteiger partial charge in [-0.3, -0.25) is 9.48 Å². The van der Waals surface area contributed by atoms with Gasteiger partial charge in [0.25, 0.3) is 0 Å². The van der Waals surface area contributed by atoms with Crippen LogP contribution in [-0.4, -0.2) is 52.8 Å². The molecule has 3 heterocycles. The number of carbonyl (C=O) groups is 1. The fraction of sp³-hybridized carbons (Fsp3) is 0.750. The lowest BCUT2D eigenvalue weighted by Crippen LogP contribution is -2.33. The molecule has 0 bridgehead atoms. The normalized spacial score (nSPS) is 21.2. The third-order valence-electron chi connectivity index (χ3n) is 4.44. The van der Waals surface area contributed by atoms with Crippen LogP contribution in [-0.2, 0) is 29.2 Å². The third kappa shape index (κ3) is 2.77. The van der Waals surface area contributed by atoms with E-state index < -0.39 is 0 Å². The van der Waals surface area contributed by atoms with Crippen LogP contribution in [0.2, 0.25) is 0 Å². The fourth-order valence-electron chi connectivity index (χ4n) is 3.33. The Morgan fingerprint density at radius 1 is 1.41 bits per heavy atom. The number of carbonyl (C=O) groups excluding carboxylic acids is 1. The zero-order valence-corrected chi connectivity index (χ0v) is 14.0. The topological polar surface area (TPSA) is 50.6 Å². The molecule has 0 radical (unpaired) electrons. The molecule has 22 heavy (non-hydrogen) atoms. The van der Waals surface area contributed by atoms with Crippen molar-refractivity contribution in [3.63, 3.8) is 0 Å². The molecule has 0 aliphatic carbocycles. The Bertz CT molecular complexity index is 559. The first-order valence-electron chi connectivity index (χ1n) is 8.07. The quantitative estimate of drug-likeness (QED) is 0.844. The highest BCUT2D eigenvalue weighted by Gasteiger charge is 2.35. The number of nitrogens with zero attached hydrogens (tertiary/aromatic N) is 4. The van der Waals surface area contributed by atoms with Crippen molar-refractivity contribution in [3.05, 3.63) is 17.0 Å². The van der Waals surface area contributed by atoms with Crippen molar-refractivity contribution < 1.29 is 9.53 Å². The minimum Gasteiger partial charge on any atom is -0.381 e. The third-order valence-corrected chi connectivity index (χ3v) is 4.44. The molecule has 1 unspecified atom stereocenters. The van der Waals surface area contributed by atoms with Gasteiger partial charge in [-0.2, -0.15) is 5.10 Å². The molecule has 0 saturated carbocycles. The molecule has 1 amide bonds. The zero-order valence-electron chi connectivity index (χ0n) is 14.0. The monoisotopic (exact) mass is 306 g/mol. The smallest absolute Gasteiger partial charge is 0.228 e. The van der Waals surface area contributed by atoms with E-state index >= 15 is 0 Å². The van der Waals surface area contributed by atoms with E-state index in [1.807, 2.05) is 4.90 Å². The molecule has 1 atom stereocenters. The van der Waals surface area contributed by atoms with Crippen molar-refractivity contribution in [2.45, 2.75) is 45.9 Å². The second-order valence-corrected chi connectivity index (χ2v) is 6.90. The predicted octanol–water partition coefficient (Wildman–Crippen LogP) is 1.40. The minimum atomic E-state index is 0.0433. The van der Waals surface area contributed by atoms with Crippen LogP contribution in [0.15, 0.2) is 0 Å². The first-order chi connectivity index (χ1) is 10.5. The number of fused-ring (bicyclic) bond motifs is 1. The summed E-state index contributed by atoms with van der Waals surface area (Å²) in [6.07, 6.45) is 0.854. The standard InChI is InChI=1S/C16H26N4O2/c1-11(2)20-15-9-19(16(21)12-5-6-22-10-12)7-13(15)14(17-20)8-18(3)4/h11-12H,5-10H2,1-4H3. The van der Waals surface area contributed by atoms with E-state index in [2.05, 4.69) is 37.5 Å². The van der Waals surface area contributed by atoms with Crippen LogP contribution in [0, 0.1) is 5.92 Å². The molecule has 3 rings (SSSR count). The molecule has 1 saturated heterocycles. The fourth-order valence-corrected chi connectivity index (χ4v) is 3.33. The Kier molecular flexibility index (Phi) is 4.23. The molecule has 1 fully saturated rings. The van der Waals surface area contributed by atoms with E-state index in [0.717, 1.165) is 18.7 Å². The van der Waals surface area contributed by atoms with Crippen molar-refractivity contribution in [2.75, 3.05) is 27.3 Å². The number of aromatic nitrogens is 2. The number of amides is 1. The van der Waals surface area contributed by atoms with E-state index in [1.165, 1.54) is 11.3 Å². The average Bonchev–Trinajstić information content (AvgIpc) is 3.13. The van der Waals surface area contributed by atoms with Gasteiger partial charge in [0.1, 0.15) is 0 Å². The number of hydrogen-bond acceptors (Lipinski definition) is 4. The number of hydrogen-bond donors (Lipinski definition) is 0. The minimum absolute atomic E-state index is 0.0433. The maximum atomic E-state index is 12.6. The highest BCUT2D eigenvalue weighted by atomic mass is 16.5. The van der Waals surface area contributed by atoms with Gasteiger partial charge in [0.15, 0.2) is 0 Å². The lowest BCUT2D eigenvalue weighted by molar-refractivity contribution is -0.136. The predicted molar refractivity (Wildman–Crippen MR) is 83.2 cm³/mol. The lowest BCUT2D eigenvalue weighted by atomic mass is 10.1. The highest BCUT2D eigenvalue weighted by Crippen LogP contribution is 2.30. The summed E-state index contributed by atoms with van der Waals surface area (Å²) in [5.74, 6) is 0.279. The summed E-state index contributed by atoms with van der Waals surface area (Å²) in [6.45, 7) is 7.76. The summed E-state index contributed by atoms with van der Waals surface area (Å²) < 4.78 is 7.45. The van der Waals surface area contributed by atoms with Gasteiger partial charge in [0, 0.05) is 31.3 Å². The van der Waals surface area contributed by atoms with Gasteiger partial charge in [0.05, 0.1) is 30.5 Å². The van der Waals surface area contributed by atoms with Crippen LogP contribution in [0.3, 0.4) is 0 Å². The van der Waals surface area contributed by atoms with Crippen LogP contribution < -0.4 is 0 Å². The van der Waals surface area contributed by atoms with E-state index in [-0.39, 0.29) is 11.8 Å². The van der Waals surface area contributed by atoms with E-state index in [4.69, 9.17) is 9.84 Å². The number of ether oxygens (including phenoxy) is 1. The summed E-state index contributed by atoms with van der Waals surface area (Å²) in [4.78, 5) is 16.7. The molecule has 0 N–H and O–H groups in total. The van der Waals surface area contributed by atoms with Crippen molar-refractivity contribution in [1.29, 1.82) is 0 Å². The Morgan fingerprint density at radius 3 is 2.77 bits per heavy atom. The Balaban J connectivity index is 1.83. The SMILES string of the molecule is CC(C)n1nc(CN(C)C)c2c1CN(C(=O)C1CCOC1)C2. The summed E-state index contributed by atoms with van der Waals surface area (Å²) in [7, 11) is 4.10. The number of rotatable bonds is 4. The molecular weight excluding hydrogens is 280 g/mol. The van der Waals surface area contributed by atoms with Gasteiger partial charge in [-0.05, 0) is 34.4 Å². The van der Waals surface area contributed by atoms with Crippen LogP contribution in [0.25, 0.3) is 0 Å². The molecule has 122 valence electrons. The maximum Gasteiger partial charge on any atom is 0.228 e. The van der Waals surface area contributed by atoms with Crippen molar-refractivity contribution in [1.82, 2.24) is 19.6 Å². The maximum absolute atomic E-state index is 12.6. The molecule has 1 aromatic heterocycles. The van der Waals surface area contributed by atoms with Crippen LogP contribution >= 0.6 is 0 Å². The van der Waals surface area contributed by atoms with Crippen LogP contribution in [0.4, 0.5) is 0 Å². The first-order valence-corrected chi connectivity index (χ1v) is 8.07. The van der Waals surface area contributed by atoms with Gasteiger partial charge < -0.3 is 14.5 Å². The average molecular weight is 306 g/mol. The molecule has 1 aromatic rings. The second-order valence-electron chi connectivity index (χ2n) is 6.90. The van der Waals surface area contributed by atoms with Crippen molar-refractivity contribution in [3.8, 4) is 0 Å². The van der Waals surface area contributed by atoms with Gasteiger partial charge in [-0.1, -0.05) is 0 Å². The van der Waals surface area contributed by atoms with E-state index in [9.17, 15) is 4.79 Å². The highest BCUT2D eigenvalue weighted by molar-refractivity contribution is 5.79. The zero-order chi connectivity index (χ0) is 15.9. The molecule has 0 spiro atoms.